The lowest BCUT2D eigenvalue weighted by atomic mass is 9.96. The van der Waals surface area contributed by atoms with Gasteiger partial charge in [-0.25, -0.2) is 0 Å². The standard InChI is InChI=1S/C84H141NO18/c1-3-5-7-9-11-13-15-17-19-21-22-23-24-25-26-27-28-29-30-31-32-33-34-35-36-37-38-39-40-41-42-43-44-46-48-50-52-54-56-58-60-62-72(90)85-67(68(89)61-59-57-55-53-51-49-47-45-20-18-16-14-12-10-8-6-4-2)66-98-82-78(96)75(93)80(70(64-87)100-82)103-84-79(97)76(94)81(71(65-88)101-84)102-83-77(95)74(92)73(91)69(63-86)99-83/h5,7,11,13,17,19,22-23,25-26,28-29,31-32,34-35,37-38,40-41,43-44,67-71,73-84,86-89,91-97H,3-4,6,8-10,12,14-16,18,20-21,24,27,30,33,36,39,42,45-66H2,1-2H3,(H,85,90)/b7-5-,13-11-,19-17-,23-22-,26-25-,29-28-,32-31-,35-34-,38-37-,41-40-,44-43-. The fraction of sp³-hybridized carbons (Fsp3) is 0.726. The largest absolute Gasteiger partial charge is 0.394 e. The third-order valence-corrected chi connectivity index (χ3v) is 19.0. The summed E-state index contributed by atoms with van der Waals surface area (Å²) < 4.78 is 34.5. The molecule has 0 aromatic heterocycles. The minimum absolute atomic E-state index is 0.245. The zero-order valence-electron chi connectivity index (χ0n) is 63.0. The fourth-order valence-electron chi connectivity index (χ4n) is 12.6. The highest BCUT2D eigenvalue weighted by atomic mass is 16.8. The van der Waals surface area contributed by atoms with Crippen LogP contribution in [0.3, 0.4) is 0 Å². The van der Waals surface area contributed by atoms with Crippen molar-refractivity contribution in [1.82, 2.24) is 5.32 Å². The highest BCUT2D eigenvalue weighted by molar-refractivity contribution is 5.76. The summed E-state index contributed by atoms with van der Waals surface area (Å²) in [6.45, 7) is 1.68. The van der Waals surface area contributed by atoms with Gasteiger partial charge in [0.2, 0.25) is 5.91 Å². The number of ether oxygens (including phenoxy) is 6. The Hall–Kier alpha value is -4.07. The molecule has 3 aliphatic rings. The molecule has 0 spiro atoms. The monoisotopic (exact) mass is 1450 g/mol. The Balaban J connectivity index is 1.34. The van der Waals surface area contributed by atoms with Crippen LogP contribution < -0.4 is 5.32 Å². The molecule has 0 aliphatic carbocycles. The minimum Gasteiger partial charge on any atom is -0.394 e. The Morgan fingerprint density at radius 1 is 0.359 bits per heavy atom. The Morgan fingerprint density at radius 3 is 1.05 bits per heavy atom. The molecule has 17 unspecified atom stereocenters. The number of hydrogen-bond acceptors (Lipinski definition) is 18. The number of hydrogen-bond donors (Lipinski definition) is 12. The van der Waals surface area contributed by atoms with Gasteiger partial charge in [0.15, 0.2) is 18.9 Å². The summed E-state index contributed by atoms with van der Waals surface area (Å²) in [5, 5.41) is 121. The van der Waals surface area contributed by atoms with Gasteiger partial charge in [0.25, 0.3) is 0 Å². The predicted molar refractivity (Wildman–Crippen MR) is 410 cm³/mol. The summed E-state index contributed by atoms with van der Waals surface area (Å²) in [5.41, 5.74) is 0. The number of rotatable bonds is 61. The summed E-state index contributed by atoms with van der Waals surface area (Å²) in [6, 6.07) is -0.903. The van der Waals surface area contributed by atoms with Gasteiger partial charge >= 0.3 is 0 Å². The van der Waals surface area contributed by atoms with Crippen LogP contribution in [0.5, 0.6) is 0 Å². The molecule has 3 saturated heterocycles. The van der Waals surface area contributed by atoms with Gasteiger partial charge < -0.3 is 89.9 Å². The molecule has 3 fully saturated rings. The number of allylic oxidation sites excluding steroid dienone is 22. The van der Waals surface area contributed by atoms with Gasteiger partial charge in [0, 0.05) is 6.42 Å². The molecular formula is C84H141NO18. The van der Waals surface area contributed by atoms with E-state index < -0.39 is 124 Å². The van der Waals surface area contributed by atoms with Crippen LogP contribution in [0.15, 0.2) is 134 Å². The number of aliphatic hydroxyl groups excluding tert-OH is 11. The lowest BCUT2D eigenvalue weighted by Gasteiger charge is -2.48. The third-order valence-electron chi connectivity index (χ3n) is 19.0. The van der Waals surface area contributed by atoms with E-state index in [4.69, 9.17) is 28.4 Å². The third kappa shape index (κ3) is 42.9. The lowest BCUT2D eigenvalue weighted by molar-refractivity contribution is -0.379. The van der Waals surface area contributed by atoms with Crippen molar-refractivity contribution in [3.05, 3.63) is 134 Å². The first kappa shape index (κ1) is 93.1. The Labute approximate surface area is 620 Å². The van der Waals surface area contributed by atoms with Crippen LogP contribution in [0.4, 0.5) is 0 Å². The number of aliphatic hydroxyl groups is 11. The molecule has 12 N–H and O–H groups in total. The zero-order valence-corrected chi connectivity index (χ0v) is 63.0. The van der Waals surface area contributed by atoms with Crippen molar-refractivity contribution in [3.8, 4) is 0 Å². The van der Waals surface area contributed by atoms with E-state index in [0.29, 0.717) is 12.8 Å². The van der Waals surface area contributed by atoms with Gasteiger partial charge in [-0.2, -0.15) is 0 Å². The van der Waals surface area contributed by atoms with Gasteiger partial charge in [-0.15, -0.1) is 0 Å². The molecular weight excluding hydrogens is 1310 g/mol. The van der Waals surface area contributed by atoms with Crippen LogP contribution in [0.1, 0.15) is 258 Å². The van der Waals surface area contributed by atoms with Crippen LogP contribution in [-0.4, -0.2) is 193 Å². The summed E-state index contributed by atoms with van der Waals surface area (Å²) in [6.07, 6.45) is 62.4. The quantitative estimate of drug-likeness (QED) is 0.0199. The first-order valence-corrected chi connectivity index (χ1v) is 39.9. The molecule has 0 bridgehead atoms. The average molecular weight is 1450 g/mol. The van der Waals surface area contributed by atoms with Crippen molar-refractivity contribution in [1.29, 1.82) is 0 Å². The van der Waals surface area contributed by atoms with Crippen molar-refractivity contribution in [2.45, 2.75) is 362 Å². The maximum atomic E-state index is 13.5. The minimum atomic E-state index is -1.98. The fourth-order valence-corrected chi connectivity index (χ4v) is 12.6. The SMILES string of the molecule is CC/C=C\C/C=C\C/C=C\C/C=C\C/C=C\C/C=C\C/C=C\C/C=C\C/C=C\C/C=C\C/C=C\CCCCCCCCCC(=O)NC(COC1OC(CO)C(OC2OC(CO)C(OC3OC(CO)C(O)C(O)C3O)C(O)C2O)C(O)C1O)C(O)CCCCCCCCCCCCCCCCCCC. The second-order valence-corrected chi connectivity index (χ2v) is 27.8. The van der Waals surface area contributed by atoms with Gasteiger partial charge in [0.1, 0.15) is 73.2 Å². The number of amides is 1. The molecule has 103 heavy (non-hydrogen) atoms. The molecule has 19 nitrogen and oxygen atoms in total. The highest BCUT2D eigenvalue weighted by Gasteiger charge is 2.54. The Kier molecular flexibility index (Phi) is 56.9. The number of unbranched alkanes of at least 4 members (excludes halogenated alkanes) is 23. The van der Waals surface area contributed by atoms with E-state index in [1.165, 1.54) is 83.5 Å². The summed E-state index contributed by atoms with van der Waals surface area (Å²) in [7, 11) is 0. The van der Waals surface area contributed by atoms with E-state index in [1.807, 2.05) is 0 Å². The first-order chi connectivity index (χ1) is 50.3. The normalized spacial score (nSPS) is 26.8. The maximum absolute atomic E-state index is 13.5. The molecule has 19 heteroatoms. The van der Waals surface area contributed by atoms with Crippen molar-refractivity contribution >= 4 is 5.91 Å². The molecule has 0 aromatic rings. The van der Waals surface area contributed by atoms with Crippen LogP contribution in [0, 0.1) is 0 Å². The molecule has 1 amide bonds. The molecule has 0 saturated carbocycles. The van der Waals surface area contributed by atoms with Crippen molar-refractivity contribution in [2.24, 2.45) is 0 Å². The molecule has 17 atom stereocenters. The molecule has 0 aromatic carbocycles. The Morgan fingerprint density at radius 2 is 0.670 bits per heavy atom. The van der Waals surface area contributed by atoms with Crippen molar-refractivity contribution < 1.29 is 89.4 Å². The molecule has 3 aliphatic heterocycles. The van der Waals surface area contributed by atoms with E-state index in [0.717, 1.165) is 141 Å². The molecule has 3 rings (SSSR count). The van der Waals surface area contributed by atoms with Gasteiger partial charge in [-0.1, -0.05) is 289 Å². The van der Waals surface area contributed by atoms with Crippen molar-refractivity contribution in [2.75, 3.05) is 26.4 Å². The van der Waals surface area contributed by atoms with E-state index in [1.54, 1.807) is 0 Å². The Bertz CT molecular complexity index is 2380. The summed E-state index contributed by atoms with van der Waals surface area (Å²) in [4.78, 5) is 13.5. The van der Waals surface area contributed by atoms with Crippen LogP contribution in [-0.2, 0) is 33.2 Å². The van der Waals surface area contributed by atoms with E-state index >= 15 is 0 Å². The van der Waals surface area contributed by atoms with Crippen LogP contribution in [0.25, 0.3) is 0 Å². The second-order valence-electron chi connectivity index (χ2n) is 27.8. The molecule has 3 heterocycles. The highest BCUT2D eigenvalue weighted by Crippen LogP contribution is 2.33. The first-order valence-electron chi connectivity index (χ1n) is 39.9. The zero-order chi connectivity index (χ0) is 74.6. The topological polar surface area (TPSA) is 307 Å². The lowest BCUT2D eigenvalue weighted by Crippen LogP contribution is -2.66. The van der Waals surface area contributed by atoms with Gasteiger partial charge in [-0.3, -0.25) is 4.79 Å². The second kappa shape index (κ2) is 62.9. The molecule has 590 valence electrons. The number of carbonyl (C=O) groups excluding carboxylic acids is 1. The van der Waals surface area contributed by atoms with Gasteiger partial charge in [-0.05, 0) is 96.3 Å². The van der Waals surface area contributed by atoms with E-state index in [9.17, 15) is 61.0 Å². The average Bonchev–Trinajstić information content (AvgIpc) is 0.782. The summed E-state index contributed by atoms with van der Waals surface area (Å²) in [5.74, 6) is -0.258. The molecule has 0 radical (unpaired) electrons. The van der Waals surface area contributed by atoms with E-state index in [2.05, 4.69) is 153 Å². The smallest absolute Gasteiger partial charge is 0.220 e. The van der Waals surface area contributed by atoms with E-state index in [-0.39, 0.29) is 18.9 Å². The number of nitrogens with one attached hydrogen (secondary N) is 1. The van der Waals surface area contributed by atoms with Crippen LogP contribution in [0.2, 0.25) is 0 Å². The maximum Gasteiger partial charge on any atom is 0.220 e. The van der Waals surface area contributed by atoms with Crippen molar-refractivity contribution in [3.63, 3.8) is 0 Å². The summed E-state index contributed by atoms with van der Waals surface area (Å²) >= 11 is 0. The van der Waals surface area contributed by atoms with Gasteiger partial charge in [0.05, 0.1) is 38.6 Å². The number of carbonyl (C=O) groups is 1. The van der Waals surface area contributed by atoms with Crippen LogP contribution >= 0.6 is 0 Å². The predicted octanol–water partition coefficient (Wildman–Crippen LogP) is 13.3.